The second kappa shape index (κ2) is 4.69. The van der Waals surface area contributed by atoms with E-state index in [4.69, 9.17) is 0 Å². The van der Waals surface area contributed by atoms with E-state index < -0.39 is 12.5 Å². The van der Waals surface area contributed by atoms with Crippen molar-refractivity contribution in [3.63, 3.8) is 0 Å². The molecule has 1 aromatic carbocycles. The molecule has 0 bridgehead atoms. The van der Waals surface area contributed by atoms with E-state index in [1.807, 2.05) is 0 Å². The molecule has 1 rings (SSSR count). The lowest BCUT2D eigenvalue weighted by Gasteiger charge is -2.11. The van der Waals surface area contributed by atoms with E-state index in [1.165, 1.54) is 6.07 Å². The van der Waals surface area contributed by atoms with Crippen LogP contribution in [0.5, 0.6) is 5.75 Å². The Bertz CT molecular complexity index is 313. The highest BCUT2D eigenvalue weighted by Crippen LogP contribution is 2.26. The van der Waals surface area contributed by atoms with Crippen LogP contribution in [-0.4, -0.2) is 12.9 Å². The first-order valence-corrected chi connectivity index (χ1v) is 4.14. The van der Waals surface area contributed by atoms with E-state index in [0.29, 0.717) is 11.8 Å². The molecule has 0 aliphatic heterocycles. The Balaban J connectivity index is 2.96. The summed E-state index contributed by atoms with van der Waals surface area (Å²) in [6.07, 6.45) is 0.688. The summed E-state index contributed by atoms with van der Waals surface area (Å²) < 4.78 is 28.2. The van der Waals surface area contributed by atoms with Gasteiger partial charge in [-0.05, 0) is 6.07 Å². The Morgan fingerprint density at radius 2 is 2.00 bits per heavy atom. The van der Waals surface area contributed by atoms with Crippen LogP contribution >= 0.6 is 0 Å². The molecule has 0 aromatic heterocycles. The average molecular weight is 200 g/mol. The minimum atomic E-state index is -2.87. The number of alkyl halides is 2. The molecule has 0 aliphatic rings. The van der Waals surface area contributed by atoms with Gasteiger partial charge in [0.15, 0.2) is 0 Å². The van der Waals surface area contributed by atoms with Gasteiger partial charge < -0.3 is 9.53 Å². The number of halogens is 2. The topological polar surface area (TPSA) is 26.3 Å². The monoisotopic (exact) mass is 200 g/mol. The second-order valence-electron chi connectivity index (χ2n) is 2.84. The van der Waals surface area contributed by atoms with E-state index >= 15 is 0 Å². The lowest BCUT2D eigenvalue weighted by Crippen LogP contribution is -2.06. The Morgan fingerprint density at radius 1 is 1.36 bits per heavy atom. The van der Waals surface area contributed by atoms with Gasteiger partial charge in [0, 0.05) is 11.5 Å². The zero-order valence-corrected chi connectivity index (χ0v) is 7.61. The Labute approximate surface area is 80.5 Å². The van der Waals surface area contributed by atoms with Crippen molar-refractivity contribution in [1.82, 2.24) is 0 Å². The lowest BCUT2D eigenvalue weighted by atomic mass is 10.0. The smallest absolute Gasteiger partial charge is 0.387 e. The van der Waals surface area contributed by atoms with E-state index in [2.05, 4.69) is 4.74 Å². The molecule has 1 atom stereocenters. The van der Waals surface area contributed by atoms with Gasteiger partial charge in [-0.3, -0.25) is 0 Å². The van der Waals surface area contributed by atoms with Crippen LogP contribution in [0.1, 0.15) is 18.4 Å². The Hall–Kier alpha value is -1.45. The predicted octanol–water partition coefficient (Wildman–Crippen LogP) is 2.59. The fourth-order valence-electron chi connectivity index (χ4n) is 1.13. The van der Waals surface area contributed by atoms with Crippen LogP contribution in [0.4, 0.5) is 8.78 Å². The average Bonchev–Trinajstić information content (AvgIpc) is 2.16. The van der Waals surface area contributed by atoms with Gasteiger partial charge in [-0.1, -0.05) is 25.1 Å². The van der Waals surface area contributed by atoms with Crippen molar-refractivity contribution in [2.45, 2.75) is 19.5 Å². The maximum absolute atomic E-state index is 12.0. The fraction of sp³-hybridized carbons (Fsp3) is 0.300. The molecule has 14 heavy (non-hydrogen) atoms. The summed E-state index contributed by atoms with van der Waals surface area (Å²) in [6.45, 7) is -1.24. The van der Waals surface area contributed by atoms with Crippen LogP contribution in [0, 0.1) is 0 Å². The van der Waals surface area contributed by atoms with Crippen LogP contribution in [0.25, 0.3) is 0 Å². The first-order chi connectivity index (χ1) is 6.65. The van der Waals surface area contributed by atoms with Crippen molar-refractivity contribution in [2.24, 2.45) is 0 Å². The molecule has 0 amide bonds. The Morgan fingerprint density at radius 3 is 2.57 bits per heavy atom. The third-order valence-electron chi connectivity index (χ3n) is 1.83. The largest absolute Gasteiger partial charge is 0.435 e. The van der Waals surface area contributed by atoms with E-state index in [0.717, 1.165) is 0 Å². The summed E-state index contributed by atoms with van der Waals surface area (Å²) in [6, 6.07) is 6.27. The van der Waals surface area contributed by atoms with Gasteiger partial charge in [-0.15, -0.1) is 0 Å². The maximum Gasteiger partial charge on any atom is 0.387 e. The molecule has 0 aliphatic carbocycles. The molecule has 0 radical (unpaired) electrons. The molecule has 1 unspecified atom stereocenters. The van der Waals surface area contributed by atoms with Crippen molar-refractivity contribution in [3.8, 4) is 5.75 Å². The zero-order chi connectivity index (χ0) is 10.6. The van der Waals surface area contributed by atoms with E-state index in [9.17, 15) is 13.6 Å². The third-order valence-corrected chi connectivity index (χ3v) is 1.83. The van der Waals surface area contributed by atoms with Crippen LogP contribution in [0.15, 0.2) is 24.3 Å². The van der Waals surface area contributed by atoms with Crippen molar-refractivity contribution < 1.29 is 18.3 Å². The summed E-state index contributed by atoms with van der Waals surface area (Å²) in [4.78, 5) is 10.5. The van der Waals surface area contributed by atoms with Crippen molar-refractivity contribution in [1.29, 1.82) is 0 Å². The summed E-state index contributed by atoms with van der Waals surface area (Å²) in [5.74, 6) is -0.382. The fourth-order valence-corrected chi connectivity index (χ4v) is 1.13. The molecule has 0 fully saturated rings. The summed E-state index contributed by atoms with van der Waals surface area (Å²) in [5.41, 5.74) is 0.475. The molecule has 0 spiro atoms. The van der Waals surface area contributed by atoms with Gasteiger partial charge in [-0.25, -0.2) is 0 Å². The van der Waals surface area contributed by atoms with Gasteiger partial charge in [0.1, 0.15) is 12.0 Å². The summed E-state index contributed by atoms with van der Waals surface area (Å²) >= 11 is 0. The molecule has 0 N–H and O–H groups in total. The first-order valence-electron chi connectivity index (χ1n) is 4.14. The van der Waals surface area contributed by atoms with Gasteiger partial charge in [0.2, 0.25) is 0 Å². The number of aldehydes is 1. The lowest BCUT2D eigenvalue weighted by molar-refractivity contribution is -0.108. The molecule has 0 saturated carbocycles. The number of hydrogen-bond donors (Lipinski definition) is 0. The predicted molar refractivity (Wildman–Crippen MR) is 47.6 cm³/mol. The highest BCUT2D eigenvalue weighted by molar-refractivity contribution is 5.63. The van der Waals surface area contributed by atoms with E-state index in [-0.39, 0.29) is 5.75 Å². The van der Waals surface area contributed by atoms with Gasteiger partial charge in [0.25, 0.3) is 0 Å². The van der Waals surface area contributed by atoms with Crippen molar-refractivity contribution in [3.05, 3.63) is 29.8 Å². The zero-order valence-electron chi connectivity index (χ0n) is 7.61. The second-order valence-corrected chi connectivity index (χ2v) is 2.84. The number of benzene rings is 1. The van der Waals surface area contributed by atoms with Gasteiger partial charge in [-0.2, -0.15) is 8.78 Å². The molecule has 4 heteroatoms. The maximum atomic E-state index is 12.0. The molecule has 76 valence electrons. The molecule has 2 nitrogen and oxygen atoms in total. The number of para-hydroxylation sites is 1. The molecular formula is C10H10F2O2. The van der Waals surface area contributed by atoms with Crippen molar-refractivity contribution >= 4 is 6.29 Å². The van der Waals surface area contributed by atoms with Crippen LogP contribution < -0.4 is 4.74 Å². The normalized spacial score (nSPS) is 12.6. The van der Waals surface area contributed by atoms with E-state index in [1.54, 1.807) is 25.1 Å². The minimum absolute atomic E-state index is 0.0575. The SMILES string of the molecule is CC(C=O)c1ccccc1OC(F)F. The number of carbonyl (C=O) groups excluding carboxylic acids is 1. The molecule has 0 heterocycles. The Kier molecular flexibility index (Phi) is 3.56. The van der Waals surface area contributed by atoms with Crippen molar-refractivity contribution in [2.75, 3.05) is 0 Å². The highest BCUT2D eigenvalue weighted by Gasteiger charge is 2.13. The van der Waals surface area contributed by atoms with Gasteiger partial charge >= 0.3 is 6.61 Å². The number of ether oxygens (including phenoxy) is 1. The van der Waals surface area contributed by atoms with Crippen LogP contribution in [0.3, 0.4) is 0 Å². The minimum Gasteiger partial charge on any atom is -0.435 e. The first kappa shape index (κ1) is 10.6. The highest BCUT2D eigenvalue weighted by atomic mass is 19.3. The van der Waals surface area contributed by atoms with Crippen LogP contribution in [-0.2, 0) is 4.79 Å². The number of hydrogen-bond acceptors (Lipinski definition) is 2. The third kappa shape index (κ3) is 2.52. The number of carbonyl (C=O) groups is 1. The van der Waals surface area contributed by atoms with Gasteiger partial charge in [0.05, 0.1) is 0 Å². The molecule has 0 saturated heterocycles. The molecular weight excluding hydrogens is 190 g/mol. The quantitative estimate of drug-likeness (QED) is 0.698. The summed E-state index contributed by atoms with van der Waals surface area (Å²) in [5, 5.41) is 0. The standard InChI is InChI=1S/C10H10F2O2/c1-7(6-13)8-4-2-3-5-9(8)14-10(11)12/h2-7,10H,1H3. The summed E-state index contributed by atoms with van der Waals surface area (Å²) in [7, 11) is 0. The van der Waals surface area contributed by atoms with Crippen LogP contribution in [0.2, 0.25) is 0 Å². The number of rotatable bonds is 4. The molecule has 1 aromatic rings.